The van der Waals surface area contributed by atoms with Gasteiger partial charge in [0.15, 0.2) is 0 Å². The van der Waals surface area contributed by atoms with Crippen molar-refractivity contribution in [3.05, 3.63) is 29.3 Å². The first-order valence-electron chi connectivity index (χ1n) is 7.39. The number of nitrogens with one attached hydrogen (secondary N) is 1. The van der Waals surface area contributed by atoms with Crippen molar-refractivity contribution in [2.45, 2.75) is 44.2 Å². The first-order valence-corrected chi connectivity index (χ1v) is 8.87. The summed E-state index contributed by atoms with van der Waals surface area (Å²) in [7, 11) is -3.50. The highest BCUT2D eigenvalue weighted by Gasteiger charge is 2.28. The number of hydrogen-bond donors (Lipinski definition) is 2. The van der Waals surface area contributed by atoms with E-state index in [1.165, 1.54) is 0 Å². The molecular weight excluding hydrogens is 288 g/mol. The molecule has 2 atom stereocenters. The Morgan fingerprint density at radius 3 is 2.86 bits per heavy atom. The second-order valence-electron chi connectivity index (χ2n) is 5.46. The summed E-state index contributed by atoms with van der Waals surface area (Å²) in [6.07, 6.45) is 1.97. The third-order valence-electron chi connectivity index (χ3n) is 4.19. The average molecular weight is 312 g/mol. The number of hydrogen-bond acceptors (Lipinski definition) is 4. The minimum atomic E-state index is -3.50. The first-order chi connectivity index (χ1) is 9.99. The first kappa shape index (κ1) is 16.4. The monoisotopic (exact) mass is 312 g/mol. The van der Waals surface area contributed by atoms with E-state index >= 15 is 0 Å². The van der Waals surface area contributed by atoms with Gasteiger partial charge >= 0.3 is 0 Å². The topological polar surface area (TPSA) is 81.4 Å². The number of rotatable bonds is 6. The Labute approximate surface area is 126 Å². The molecule has 6 heteroatoms. The highest BCUT2D eigenvalue weighted by atomic mass is 32.2. The lowest BCUT2D eigenvalue weighted by Crippen LogP contribution is -2.33. The Bertz CT molecular complexity index is 587. The van der Waals surface area contributed by atoms with Gasteiger partial charge in [-0.1, -0.05) is 19.1 Å². The van der Waals surface area contributed by atoms with Crippen LogP contribution in [0.5, 0.6) is 0 Å². The van der Waals surface area contributed by atoms with Crippen LogP contribution in [-0.2, 0) is 21.3 Å². The molecule has 0 saturated carbocycles. The summed E-state index contributed by atoms with van der Waals surface area (Å²) in [6, 6.07) is 5.21. The highest BCUT2D eigenvalue weighted by molar-refractivity contribution is 7.89. The second-order valence-corrected chi connectivity index (χ2v) is 7.20. The van der Waals surface area contributed by atoms with E-state index in [1.54, 1.807) is 19.1 Å². The van der Waals surface area contributed by atoms with Crippen molar-refractivity contribution in [1.29, 1.82) is 0 Å². The third kappa shape index (κ3) is 3.63. The Morgan fingerprint density at radius 2 is 2.19 bits per heavy atom. The second kappa shape index (κ2) is 6.87. The molecule has 2 unspecified atom stereocenters. The third-order valence-corrected chi connectivity index (χ3v) is 5.76. The van der Waals surface area contributed by atoms with E-state index in [0.717, 1.165) is 24.0 Å². The molecule has 1 fully saturated rings. The molecular formula is C15H24N2O3S. The van der Waals surface area contributed by atoms with Crippen molar-refractivity contribution < 1.29 is 13.2 Å². The van der Waals surface area contributed by atoms with Crippen LogP contribution in [0, 0.1) is 12.8 Å². The molecule has 1 saturated heterocycles. The molecule has 1 aliphatic heterocycles. The van der Waals surface area contributed by atoms with Gasteiger partial charge in [0.1, 0.15) is 0 Å². The van der Waals surface area contributed by atoms with E-state index in [4.69, 9.17) is 10.5 Å². The van der Waals surface area contributed by atoms with E-state index in [9.17, 15) is 8.42 Å². The van der Waals surface area contributed by atoms with Gasteiger partial charge in [-0.3, -0.25) is 0 Å². The Kier molecular flexibility index (Phi) is 5.37. The van der Waals surface area contributed by atoms with Gasteiger partial charge in [-0.05, 0) is 37.0 Å². The van der Waals surface area contributed by atoms with Gasteiger partial charge in [0.25, 0.3) is 0 Å². The van der Waals surface area contributed by atoms with Crippen LogP contribution in [0.3, 0.4) is 0 Å². The molecule has 21 heavy (non-hydrogen) atoms. The SMILES string of the molecule is CCC1OCCC1CNS(=O)(=O)c1cccc(CN)c1C. The molecule has 1 aliphatic rings. The summed E-state index contributed by atoms with van der Waals surface area (Å²) >= 11 is 0. The number of ether oxygens (including phenoxy) is 1. The zero-order chi connectivity index (χ0) is 15.5. The van der Waals surface area contributed by atoms with Crippen LogP contribution < -0.4 is 10.5 Å². The molecule has 0 spiro atoms. The van der Waals surface area contributed by atoms with E-state index in [1.807, 2.05) is 6.07 Å². The molecule has 0 aromatic heterocycles. The van der Waals surface area contributed by atoms with E-state index in [-0.39, 0.29) is 12.0 Å². The van der Waals surface area contributed by atoms with Gasteiger partial charge < -0.3 is 10.5 Å². The van der Waals surface area contributed by atoms with Gasteiger partial charge in [0.2, 0.25) is 10.0 Å². The Balaban J connectivity index is 2.12. The molecule has 1 aromatic rings. The van der Waals surface area contributed by atoms with Gasteiger partial charge in [-0.15, -0.1) is 0 Å². The summed E-state index contributed by atoms with van der Waals surface area (Å²) in [5.74, 6) is 0.253. The number of nitrogens with two attached hydrogens (primary N) is 1. The fourth-order valence-corrected chi connectivity index (χ4v) is 4.23. The van der Waals surface area contributed by atoms with E-state index < -0.39 is 10.0 Å². The van der Waals surface area contributed by atoms with Crippen molar-refractivity contribution in [2.75, 3.05) is 13.2 Å². The average Bonchev–Trinajstić information content (AvgIpc) is 2.93. The summed E-state index contributed by atoms with van der Waals surface area (Å²) in [6.45, 7) is 5.33. The molecule has 0 radical (unpaired) electrons. The maximum atomic E-state index is 12.5. The molecule has 2 rings (SSSR count). The standard InChI is InChI=1S/C15H24N2O3S/c1-3-14-13(7-8-20-14)10-17-21(18,19)15-6-4-5-12(9-16)11(15)2/h4-6,13-14,17H,3,7-10,16H2,1-2H3. The van der Waals surface area contributed by atoms with Crippen LogP contribution in [0.15, 0.2) is 23.1 Å². The maximum absolute atomic E-state index is 12.5. The Morgan fingerprint density at radius 1 is 1.43 bits per heavy atom. The Hall–Kier alpha value is -0.950. The van der Waals surface area contributed by atoms with Crippen LogP contribution in [0.1, 0.15) is 30.9 Å². The van der Waals surface area contributed by atoms with Gasteiger partial charge in [0, 0.05) is 25.6 Å². The molecule has 0 amide bonds. The fraction of sp³-hybridized carbons (Fsp3) is 0.600. The van der Waals surface area contributed by atoms with Crippen LogP contribution in [0.4, 0.5) is 0 Å². The normalized spacial score (nSPS) is 22.6. The zero-order valence-electron chi connectivity index (χ0n) is 12.6. The summed E-state index contributed by atoms with van der Waals surface area (Å²) in [4.78, 5) is 0.317. The zero-order valence-corrected chi connectivity index (χ0v) is 13.4. The van der Waals surface area contributed by atoms with Gasteiger partial charge in [0.05, 0.1) is 11.0 Å². The van der Waals surface area contributed by atoms with Crippen LogP contribution in [0.2, 0.25) is 0 Å². The van der Waals surface area contributed by atoms with E-state index in [2.05, 4.69) is 11.6 Å². The smallest absolute Gasteiger partial charge is 0.240 e. The molecule has 1 aromatic carbocycles. The maximum Gasteiger partial charge on any atom is 0.240 e. The fourth-order valence-electron chi connectivity index (χ4n) is 2.84. The number of benzene rings is 1. The highest BCUT2D eigenvalue weighted by Crippen LogP contribution is 2.24. The minimum absolute atomic E-state index is 0.157. The largest absolute Gasteiger partial charge is 0.378 e. The van der Waals surface area contributed by atoms with E-state index in [0.29, 0.717) is 24.6 Å². The van der Waals surface area contributed by atoms with Crippen molar-refractivity contribution in [2.24, 2.45) is 11.7 Å². The molecule has 5 nitrogen and oxygen atoms in total. The lowest BCUT2D eigenvalue weighted by molar-refractivity contribution is 0.0884. The molecule has 1 heterocycles. The molecule has 0 aliphatic carbocycles. The lowest BCUT2D eigenvalue weighted by Gasteiger charge is -2.18. The minimum Gasteiger partial charge on any atom is -0.378 e. The summed E-state index contributed by atoms with van der Waals surface area (Å²) in [5.41, 5.74) is 7.22. The predicted octanol–water partition coefficient (Wildman–Crippen LogP) is 1.55. The van der Waals surface area contributed by atoms with Gasteiger partial charge in [-0.25, -0.2) is 13.1 Å². The van der Waals surface area contributed by atoms with Crippen LogP contribution in [-0.4, -0.2) is 27.7 Å². The van der Waals surface area contributed by atoms with Crippen LogP contribution in [0.25, 0.3) is 0 Å². The van der Waals surface area contributed by atoms with Crippen molar-refractivity contribution >= 4 is 10.0 Å². The number of sulfonamides is 1. The molecule has 3 N–H and O–H groups in total. The summed E-state index contributed by atoms with van der Waals surface area (Å²) in [5, 5.41) is 0. The lowest BCUT2D eigenvalue weighted by atomic mass is 10.0. The van der Waals surface area contributed by atoms with Crippen molar-refractivity contribution in [3.8, 4) is 0 Å². The molecule has 118 valence electrons. The van der Waals surface area contributed by atoms with Crippen molar-refractivity contribution in [3.63, 3.8) is 0 Å². The summed E-state index contributed by atoms with van der Waals surface area (Å²) < 4.78 is 33.3. The molecule has 0 bridgehead atoms. The quantitative estimate of drug-likeness (QED) is 0.835. The predicted molar refractivity (Wildman–Crippen MR) is 82.4 cm³/mol. The van der Waals surface area contributed by atoms with Crippen LogP contribution >= 0.6 is 0 Å². The van der Waals surface area contributed by atoms with Gasteiger partial charge in [-0.2, -0.15) is 0 Å². The van der Waals surface area contributed by atoms with Crippen molar-refractivity contribution in [1.82, 2.24) is 4.72 Å².